The van der Waals surface area contributed by atoms with Crippen LogP contribution in [0.5, 0.6) is 11.5 Å². The van der Waals surface area contributed by atoms with Crippen molar-refractivity contribution in [3.8, 4) is 22.6 Å². The molecule has 0 unspecified atom stereocenters. The van der Waals surface area contributed by atoms with Gasteiger partial charge in [-0.15, -0.1) is 0 Å². The van der Waals surface area contributed by atoms with Crippen molar-refractivity contribution < 1.29 is 7.58 Å². The molecule has 0 spiro atoms. The van der Waals surface area contributed by atoms with Crippen LogP contribution in [0.25, 0.3) is 32.9 Å². The summed E-state index contributed by atoms with van der Waals surface area (Å²) in [6, 6.07) is 40.6. The molecule has 0 aliphatic carbocycles. The molecule has 5 heteroatoms. The number of benzene rings is 4. The zero-order valence-electron chi connectivity index (χ0n) is 20.8. The largest absolute Gasteiger partial charge is 0.881 e. The molecular weight excluding hydrogens is 471 g/mol. The first kappa shape index (κ1) is 24.5. The van der Waals surface area contributed by atoms with Crippen LogP contribution in [0.15, 0.2) is 121 Å². The van der Waals surface area contributed by atoms with E-state index in [4.69, 9.17) is 7.58 Å². The molecule has 0 aliphatic rings. The molecular formula is C32H26AlN2O2. The number of aromatic nitrogens is 2. The first-order chi connectivity index (χ1) is 18.2. The lowest BCUT2D eigenvalue weighted by Gasteiger charge is -2.11. The molecule has 4 nitrogen and oxygen atoms in total. The number of rotatable bonds is 5. The number of para-hydroxylation sites is 2. The molecule has 0 saturated heterocycles. The SMILES string of the molecule is Cc1ccc2cccc([O][Al][O]c3ccc(-c4ccccc4)cc3)c2n1.Cc1ccc2ccccc2n1. The van der Waals surface area contributed by atoms with Crippen molar-refractivity contribution in [1.82, 2.24) is 9.97 Å². The summed E-state index contributed by atoms with van der Waals surface area (Å²) in [5, 5.41) is 2.28. The highest BCUT2D eigenvalue weighted by Gasteiger charge is 2.10. The Morgan fingerprint density at radius 1 is 0.514 bits per heavy atom. The third-order valence-electron chi connectivity index (χ3n) is 5.88. The molecule has 0 amide bonds. The molecule has 0 bridgehead atoms. The number of aryl methyl sites for hydroxylation is 2. The van der Waals surface area contributed by atoms with Crippen molar-refractivity contribution in [1.29, 1.82) is 0 Å². The second-order valence-electron chi connectivity index (χ2n) is 8.65. The third kappa shape index (κ3) is 6.34. The second-order valence-corrected chi connectivity index (χ2v) is 9.31. The van der Waals surface area contributed by atoms with E-state index in [1.807, 2.05) is 92.7 Å². The fourth-order valence-electron chi connectivity index (χ4n) is 3.97. The molecule has 0 N–H and O–H groups in total. The number of pyridine rings is 2. The van der Waals surface area contributed by atoms with Gasteiger partial charge < -0.3 is 7.58 Å². The quantitative estimate of drug-likeness (QED) is 0.229. The van der Waals surface area contributed by atoms with Crippen molar-refractivity contribution in [2.24, 2.45) is 0 Å². The smallest absolute Gasteiger partial charge is 0.616 e. The minimum atomic E-state index is -0.665. The highest BCUT2D eigenvalue weighted by Crippen LogP contribution is 2.25. The number of fused-ring (bicyclic) bond motifs is 2. The maximum atomic E-state index is 5.89. The summed E-state index contributed by atoms with van der Waals surface area (Å²) in [4.78, 5) is 8.95. The van der Waals surface area contributed by atoms with E-state index < -0.39 is 15.9 Å². The Balaban J connectivity index is 0.000000212. The third-order valence-corrected chi connectivity index (χ3v) is 6.60. The van der Waals surface area contributed by atoms with E-state index in [9.17, 15) is 0 Å². The second kappa shape index (κ2) is 11.7. The van der Waals surface area contributed by atoms with Gasteiger partial charge in [0.15, 0.2) is 0 Å². The summed E-state index contributed by atoms with van der Waals surface area (Å²) in [5.74, 6) is 1.58. The zero-order chi connectivity index (χ0) is 25.5. The lowest BCUT2D eigenvalue weighted by atomic mass is 10.1. The lowest BCUT2D eigenvalue weighted by molar-refractivity contribution is 0.461. The van der Waals surface area contributed by atoms with Crippen LogP contribution in [0.3, 0.4) is 0 Å². The van der Waals surface area contributed by atoms with Crippen LogP contribution in [0.2, 0.25) is 0 Å². The van der Waals surface area contributed by atoms with E-state index >= 15 is 0 Å². The molecule has 2 aromatic heterocycles. The van der Waals surface area contributed by atoms with Crippen LogP contribution in [0, 0.1) is 13.8 Å². The van der Waals surface area contributed by atoms with Crippen molar-refractivity contribution in [2.45, 2.75) is 13.8 Å². The van der Waals surface area contributed by atoms with Gasteiger partial charge in [0.2, 0.25) is 0 Å². The highest BCUT2D eigenvalue weighted by atomic mass is 27.2. The van der Waals surface area contributed by atoms with Gasteiger partial charge in [0.05, 0.1) is 11.3 Å². The van der Waals surface area contributed by atoms with Gasteiger partial charge in [0, 0.05) is 22.2 Å². The van der Waals surface area contributed by atoms with Crippen LogP contribution < -0.4 is 7.58 Å². The molecule has 0 aliphatic heterocycles. The van der Waals surface area contributed by atoms with Gasteiger partial charge in [-0.3, -0.25) is 4.98 Å². The minimum Gasteiger partial charge on any atom is -0.616 e. The molecule has 4 aromatic carbocycles. The summed E-state index contributed by atoms with van der Waals surface area (Å²) >= 11 is -0.665. The van der Waals surface area contributed by atoms with Gasteiger partial charge in [-0.05, 0) is 61.4 Å². The summed E-state index contributed by atoms with van der Waals surface area (Å²) < 4.78 is 11.7. The molecule has 1 radical (unpaired) electrons. The maximum absolute atomic E-state index is 5.89. The normalized spacial score (nSPS) is 10.4. The van der Waals surface area contributed by atoms with Gasteiger partial charge in [-0.25, -0.2) is 4.98 Å². The number of hydrogen-bond acceptors (Lipinski definition) is 4. The summed E-state index contributed by atoms with van der Waals surface area (Å²) in [6.45, 7) is 3.99. The average molecular weight is 498 g/mol. The fourth-order valence-corrected chi connectivity index (χ4v) is 4.58. The highest BCUT2D eigenvalue weighted by molar-refractivity contribution is 6.21. The van der Waals surface area contributed by atoms with Crippen LogP contribution in [0.1, 0.15) is 11.4 Å². The van der Waals surface area contributed by atoms with Crippen molar-refractivity contribution >= 4 is 37.7 Å². The molecule has 2 heterocycles. The molecule has 6 aromatic rings. The Labute approximate surface area is 223 Å². The van der Waals surface area contributed by atoms with Crippen LogP contribution >= 0.6 is 0 Å². The van der Waals surface area contributed by atoms with E-state index in [0.717, 1.165) is 39.3 Å². The van der Waals surface area contributed by atoms with Gasteiger partial charge in [0.1, 0.15) is 11.3 Å². The molecule has 179 valence electrons. The van der Waals surface area contributed by atoms with E-state index in [2.05, 4.69) is 52.4 Å². The Morgan fingerprint density at radius 2 is 1.16 bits per heavy atom. The predicted molar refractivity (Wildman–Crippen MR) is 152 cm³/mol. The Morgan fingerprint density at radius 3 is 1.97 bits per heavy atom. The topological polar surface area (TPSA) is 44.2 Å². The Kier molecular flexibility index (Phi) is 7.76. The molecule has 0 fully saturated rings. The average Bonchev–Trinajstić information content (AvgIpc) is 2.94. The van der Waals surface area contributed by atoms with Gasteiger partial charge in [0.25, 0.3) is 0 Å². The summed E-state index contributed by atoms with van der Waals surface area (Å²) in [5.41, 5.74) is 6.36. The van der Waals surface area contributed by atoms with E-state index in [0.29, 0.717) is 0 Å². The van der Waals surface area contributed by atoms with E-state index in [1.165, 1.54) is 16.5 Å². The molecule has 0 atom stereocenters. The standard InChI is InChI=1S/C12H10O.C10H9NO.C10H9N.Al/c13-12-8-6-11(7-9-12)10-4-2-1-3-5-10;1-7-5-6-8-3-2-4-9(12)10(8)11-7;1-8-6-7-9-4-2-3-5-10(9)11-8;/h1-9,13H;2-6,12H,1H3;2-7H,1H3;/q;;;+2/p-2. The van der Waals surface area contributed by atoms with Gasteiger partial charge in [-0.2, -0.15) is 0 Å². The Hall–Kier alpha value is -4.17. The van der Waals surface area contributed by atoms with Crippen molar-refractivity contribution in [3.05, 3.63) is 133 Å². The molecule has 6 rings (SSSR count). The van der Waals surface area contributed by atoms with Crippen LogP contribution in [-0.2, 0) is 0 Å². The molecule has 0 saturated carbocycles. The number of nitrogens with zero attached hydrogens (tertiary/aromatic N) is 2. The first-order valence-electron chi connectivity index (χ1n) is 12.1. The summed E-state index contributed by atoms with van der Waals surface area (Å²) in [6.07, 6.45) is 0. The van der Waals surface area contributed by atoms with Crippen LogP contribution in [-0.4, -0.2) is 25.9 Å². The van der Waals surface area contributed by atoms with Crippen molar-refractivity contribution in [2.75, 3.05) is 0 Å². The van der Waals surface area contributed by atoms with Gasteiger partial charge in [-0.1, -0.05) is 84.9 Å². The van der Waals surface area contributed by atoms with E-state index in [1.54, 1.807) is 0 Å². The van der Waals surface area contributed by atoms with Crippen molar-refractivity contribution in [3.63, 3.8) is 0 Å². The first-order valence-corrected chi connectivity index (χ1v) is 13.1. The van der Waals surface area contributed by atoms with Crippen LogP contribution in [0.4, 0.5) is 0 Å². The van der Waals surface area contributed by atoms with E-state index in [-0.39, 0.29) is 0 Å². The van der Waals surface area contributed by atoms with Gasteiger partial charge >= 0.3 is 15.9 Å². The summed E-state index contributed by atoms with van der Waals surface area (Å²) in [7, 11) is 0. The monoisotopic (exact) mass is 497 g/mol. The fraction of sp³-hybridized carbons (Fsp3) is 0.0625. The molecule has 37 heavy (non-hydrogen) atoms. The zero-order valence-corrected chi connectivity index (χ0v) is 22.0. The predicted octanol–water partition coefficient (Wildman–Crippen LogP) is 7.75. The lowest BCUT2D eigenvalue weighted by Crippen LogP contribution is -2.11. The maximum Gasteiger partial charge on any atom is 0.881 e. The number of hydrogen-bond donors (Lipinski definition) is 0. The minimum absolute atomic E-state index is 0.665. The Bertz CT molecular complexity index is 1620.